The molecule has 0 aliphatic carbocycles. The van der Waals surface area contributed by atoms with Crippen LogP contribution in [0.1, 0.15) is 36.0 Å². The molecule has 1 aromatic carbocycles. The summed E-state index contributed by atoms with van der Waals surface area (Å²) >= 11 is 0. The van der Waals surface area contributed by atoms with Crippen molar-refractivity contribution in [2.45, 2.75) is 25.7 Å². The first-order chi connectivity index (χ1) is 8.79. The van der Waals surface area contributed by atoms with Gasteiger partial charge in [-0.2, -0.15) is 0 Å². The molecule has 1 N–H and O–H groups in total. The van der Waals surface area contributed by atoms with Crippen LogP contribution in [0.4, 0.5) is 0 Å². The van der Waals surface area contributed by atoms with E-state index in [0.29, 0.717) is 12.3 Å². The van der Waals surface area contributed by atoms with Crippen molar-refractivity contribution in [1.82, 2.24) is 5.32 Å². The number of benzene rings is 1. The lowest BCUT2D eigenvalue weighted by atomic mass is 9.91. The number of ether oxygens (including phenoxy) is 1. The molecule has 0 spiro atoms. The number of hydrogen-bond acceptors (Lipinski definition) is 3. The van der Waals surface area contributed by atoms with Gasteiger partial charge >= 0.3 is 0 Å². The zero-order valence-corrected chi connectivity index (χ0v) is 10.9. The predicted molar refractivity (Wildman–Crippen MR) is 72.2 cm³/mol. The van der Waals surface area contributed by atoms with Crippen molar-refractivity contribution in [3.63, 3.8) is 0 Å². The number of rotatable bonds is 5. The first kappa shape index (κ1) is 13.1. The molecule has 18 heavy (non-hydrogen) atoms. The molecule has 1 aromatic rings. The van der Waals surface area contributed by atoms with Gasteiger partial charge in [0.05, 0.1) is 7.11 Å². The van der Waals surface area contributed by atoms with E-state index in [9.17, 15) is 4.79 Å². The molecule has 1 fully saturated rings. The van der Waals surface area contributed by atoms with E-state index in [1.165, 1.54) is 12.8 Å². The Morgan fingerprint density at radius 3 is 2.56 bits per heavy atom. The minimum absolute atomic E-state index is 0.246. The molecule has 0 unspecified atom stereocenters. The number of carbonyl (C=O) groups excluding carboxylic acids is 1. The number of ketones is 1. The molecule has 98 valence electrons. The molecule has 0 bridgehead atoms. The van der Waals surface area contributed by atoms with E-state index in [1.54, 1.807) is 7.11 Å². The molecule has 1 aliphatic heterocycles. The Morgan fingerprint density at radius 1 is 1.28 bits per heavy atom. The first-order valence-electron chi connectivity index (χ1n) is 6.67. The molecule has 0 amide bonds. The van der Waals surface area contributed by atoms with Crippen molar-refractivity contribution in [3.8, 4) is 5.75 Å². The van der Waals surface area contributed by atoms with Crippen molar-refractivity contribution >= 4 is 5.78 Å². The Kier molecular flexibility index (Phi) is 4.76. The molecule has 3 nitrogen and oxygen atoms in total. The van der Waals surface area contributed by atoms with Gasteiger partial charge in [0.1, 0.15) is 5.75 Å². The molecule has 1 heterocycles. The van der Waals surface area contributed by atoms with Gasteiger partial charge in [0.15, 0.2) is 5.78 Å². The van der Waals surface area contributed by atoms with E-state index in [-0.39, 0.29) is 5.78 Å². The predicted octanol–water partition coefficient (Wildman–Crippen LogP) is 2.66. The normalized spacial score (nSPS) is 16.5. The van der Waals surface area contributed by atoms with Crippen molar-refractivity contribution in [3.05, 3.63) is 29.8 Å². The molecule has 3 heteroatoms. The fourth-order valence-corrected chi connectivity index (χ4v) is 2.43. The van der Waals surface area contributed by atoms with E-state index < -0.39 is 0 Å². The minimum atomic E-state index is 0.246. The summed E-state index contributed by atoms with van der Waals surface area (Å²) in [6, 6.07) is 7.39. The van der Waals surface area contributed by atoms with Crippen LogP contribution in [0, 0.1) is 5.92 Å². The van der Waals surface area contributed by atoms with Crippen molar-refractivity contribution in [1.29, 1.82) is 0 Å². The third kappa shape index (κ3) is 3.57. The van der Waals surface area contributed by atoms with Crippen LogP contribution >= 0.6 is 0 Å². The van der Waals surface area contributed by atoms with E-state index >= 15 is 0 Å². The molecular formula is C15H21NO2. The summed E-state index contributed by atoms with van der Waals surface area (Å²) in [5, 5.41) is 3.35. The lowest BCUT2D eigenvalue weighted by molar-refractivity contribution is 0.0971. The van der Waals surface area contributed by atoms with Crippen LogP contribution in [0.5, 0.6) is 5.75 Å². The molecule has 2 rings (SSSR count). The largest absolute Gasteiger partial charge is 0.497 e. The van der Waals surface area contributed by atoms with Crippen LogP contribution in [-0.4, -0.2) is 26.0 Å². The average molecular weight is 247 g/mol. The minimum Gasteiger partial charge on any atom is -0.497 e. The lowest BCUT2D eigenvalue weighted by Gasteiger charge is -2.22. The number of piperidine rings is 1. The zero-order valence-electron chi connectivity index (χ0n) is 10.9. The van der Waals surface area contributed by atoms with Gasteiger partial charge in [-0.1, -0.05) is 0 Å². The number of Topliss-reactive ketones (excluding diaryl/α,β-unsaturated/α-hetero) is 1. The summed E-state index contributed by atoms with van der Waals surface area (Å²) in [6.07, 6.45) is 4.09. The Bertz CT molecular complexity index is 380. The SMILES string of the molecule is COc1ccc(C(=O)CCC2CCNCC2)cc1. The van der Waals surface area contributed by atoms with Crippen molar-refractivity contribution in [2.75, 3.05) is 20.2 Å². The lowest BCUT2D eigenvalue weighted by Crippen LogP contribution is -2.27. The third-order valence-electron chi connectivity index (χ3n) is 3.65. The van der Waals surface area contributed by atoms with Crippen LogP contribution in [0.25, 0.3) is 0 Å². The number of methoxy groups -OCH3 is 1. The maximum atomic E-state index is 12.0. The Morgan fingerprint density at radius 2 is 1.94 bits per heavy atom. The highest BCUT2D eigenvalue weighted by atomic mass is 16.5. The van der Waals surface area contributed by atoms with Crippen LogP contribution < -0.4 is 10.1 Å². The quantitative estimate of drug-likeness (QED) is 0.813. The van der Waals surface area contributed by atoms with E-state index in [4.69, 9.17) is 4.74 Å². The van der Waals surface area contributed by atoms with Gasteiger partial charge in [-0.15, -0.1) is 0 Å². The topological polar surface area (TPSA) is 38.3 Å². The van der Waals surface area contributed by atoms with Gasteiger partial charge in [-0.3, -0.25) is 4.79 Å². The Labute approximate surface area is 109 Å². The van der Waals surface area contributed by atoms with Crippen molar-refractivity contribution in [2.24, 2.45) is 5.92 Å². The zero-order chi connectivity index (χ0) is 12.8. The van der Waals surface area contributed by atoms with E-state index in [2.05, 4.69) is 5.32 Å². The van der Waals surface area contributed by atoms with E-state index in [1.807, 2.05) is 24.3 Å². The molecule has 1 aliphatic rings. The summed E-state index contributed by atoms with van der Waals surface area (Å²) in [7, 11) is 1.63. The van der Waals surface area contributed by atoms with Crippen LogP contribution in [0.15, 0.2) is 24.3 Å². The average Bonchev–Trinajstić information content (AvgIpc) is 2.46. The molecule has 0 saturated carbocycles. The smallest absolute Gasteiger partial charge is 0.162 e. The second-order valence-electron chi connectivity index (χ2n) is 4.88. The Hall–Kier alpha value is -1.35. The molecule has 1 saturated heterocycles. The summed E-state index contributed by atoms with van der Waals surface area (Å²) in [4.78, 5) is 12.0. The highest BCUT2D eigenvalue weighted by molar-refractivity contribution is 5.96. The van der Waals surface area contributed by atoms with Crippen LogP contribution in [0.3, 0.4) is 0 Å². The maximum Gasteiger partial charge on any atom is 0.162 e. The first-order valence-corrected chi connectivity index (χ1v) is 6.67. The van der Waals surface area contributed by atoms with Gasteiger partial charge in [0.25, 0.3) is 0 Å². The summed E-state index contributed by atoms with van der Waals surface area (Å²) in [5.74, 6) is 1.76. The van der Waals surface area contributed by atoms with Crippen LogP contribution in [0.2, 0.25) is 0 Å². The van der Waals surface area contributed by atoms with Crippen molar-refractivity contribution < 1.29 is 9.53 Å². The second kappa shape index (κ2) is 6.55. The molecule has 0 radical (unpaired) electrons. The van der Waals surface area contributed by atoms with Gasteiger partial charge in [-0.25, -0.2) is 0 Å². The number of nitrogens with one attached hydrogen (secondary N) is 1. The van der Waals surface area contributed by atoms with Gasteiger partial charge in [-0.05, 0) is 62.5 Å². The number of hydrogen-bond donors (Lipinski definition) is 1. The monoisotopic (exact) mass is 247 g/mol. The standard InChI is InChI=1S/C15H21NO2/c1-18-14-5-3-13(4-6-14)15(17)7-2-12-8-10-16-11-9-12/h3-6,12,16H,2,7-11H2,1H3. The third-order valence-corrected chi connectivity index (χ3v) is 3.65. The summed E-state index contributed by atoms with van der Waals surface area (Å²) < 4.78 is 5.09. The fourth-order valence-electron chi connectivity index (χ4n) is 2.43. The Balaban J connectivity index is 1.82. The van der Waals surface area contributed by atoms with Gasteiger partial charge in [0, 0.05) is 12.0 Å². The fraction of sp³-hybridized carbons (Fsp3) is 0.533. The van der Waals surface area contributed by atoms with Crippen LogP contribution in [-0.2, 0) is 0 Å². The number of carbonyl (C=O) groups is 1. The van der Waals surface area contributed by atoms with E-state index in [0.717, 1.165) is 30.8 Å². The maximum absolute atomic E-state index is 12.0. The van der Waals surface area contributed by atoms with Gasteiger partial charge in [0.2, 0.25) is 0 Å². The summed E-state index contributed by atoms with van der Waals surface area (Å²) in [6.45, 7) is 2.20. The van der Waals surface area contributed by atoms with Gasteiger partial charge < -0.3 is 10.1 Å². The molecule has 0 atom stereocenters. The molecular weight excluding hydrogens is 226 g/mol. The summed E-state index contributed by atoms with van der Waals surface area (Å²) in [5.41, 5.74) is 0.796. The molecule has 0 aromatic heterocycles. The highest BCUT2D eigenvalue weighted by Crippen LogP contribution is 2.20. The second-order valence-corrected chi connectivity index (χ2v) is 4.88. The highest BCUT2D eigenvalue weighted by Gasteiger charge is 2.15.